The van der Waals surface area contributed by atoms with E-state index in [-0.39, 0.29) is 47.9 Å². The zero-order valence-electron chi connectivity index (χ0n) is 16.3. The van der Waals surface area contributed by atoms with Gasteiger partial charge in [-0.3, -0.25) is 14.4 Å². The number of hydrogen-bond acceptors (Lipinski definition) is 4. The second kappa shape index (κ2) is 6.39. The maximum atomic E-state index is 13.4. The van der Waals surface area contributed by atoms with Gasteiger partial charge in [-0.15, -0.1) is 0 Å². The van der Waals surface area contributed by atoms with Gasteiger partial charge in [0.1, 0.15) is 5.75 Å². The second-order valence-electron chi connectivity index (χ2n) is 8.71. The first kappa shape index (κ1) is 17.6. The monoisotopic (exact) mass is 399 g/mol. The molecule has 1 aliphatic heterocycles. The van der Waals surface area contributed by atoms with Gasteiger partial charge in [0.25, 0.3) is 0 Å². The molecule has 0 aromatic heterocycles. The number of para-hydroxylation sites is 2. The molecule has 150 valence electrons. The Morgan fingerprint density at radius 3 is 2.13 bits per heavy atom. The average Bonchev–Trinajstić information content (AvgIpc) is 3.56. The van der Waals surface area contributed by atoms with Crippen molar-refractivity contribution in [1.29, 1.82) is 0 Å². The lowest BCUT2D eigenvalue weighted by atomic mass is 9.63. The number of ketones is 1. The molecule has 2 aromatic rings. The number of ether oxygens (including phenoxy) is 1. The highest BCUT2D eigenvalue weighted by atomic mass is 16.5. The van der Waals surface area contributed by atoms with Crippen molar-refractivity contribution in [2.45, 2.75) is 6.42 Å². The molecular formula is C25H21NO4. The van der Waals surface area contributed by atoms with Crippen LogP contribution in [0.3, 0.4) is 0 Å². The fourth-order valence-corrected chi connectivity index (χ4v) is 5.81. The van der Waals surface area contributed by atoms with E-state index in [0.717, 1.165) is 6.42 Å². The summed E-state index contributed by atoms with van der Waals surface area (Å²) in [6.45, 7) is -0.152. The summed E-state index contributed by atoms with van der Waals surface area (Å²) in [5.74, 6) is 0.957. The number of anilines is 1. The predicted molar refractivity (Wildman–Crippen MR) is 110 cm³/mol. The molecule has 1 saturated heterocycles. The van der Waals surface area contributed by atoms with Crippen molar-refractivity contribution < 1.29 is 19.1 Å². The van der Waals surface area contributed by atoms with Crippen LogP contribution in [0.15, 0.2) is 66.7 Å². The molecule has 0 spiro atoms. The predicted octanol–water partition coefficient (Wildman–Crippen LogP) is 3.51. The van der Waals surface area contributed by atoms with Gasteiger partial charge in [-0.2, -0.15) is 0 Å². The molecule has 0 radical (unpaired) electrons. The normalized spacial score (nSPS) is 32.7. The summed E-state index contributed by atoms with van der Waals surface area (Å²) in [6, 6.07) is 15.9. The van der Waals surface area contributed by atoms with Crippen LogP contribution < -0.4 is 9.64 Å². The first-order chi connectivity index (χ1) is 14.6. The third kappa shape index (κ3) is 2.44. The van der Waals surface area contributed by atoms with E-state index in [1.807, 2.05) is 6.07 Å². The summed E-state index contributed by atoms with van der Waals surface area (Å²) in [4.78, 5) is 40.5. The number of carbonyl (C=O) groups excluding carboxylic acids is 3. The molecule has 5 aliphatic rings. The van der Waals surface area contributed by atoms with Crippen LogP contribution in [-0.4, -0.2) is 24.2 Å². The Bertz CT molecular complexity index is 1060. The number of hydrogen-bond donors (Lipinski definition) is 0. The van der Waals surface area contributed by atoms with Gasteiger partial charge in [-0.05, 0) is 42.2 Å². The van der Waals surface area contributed by atoms with Crippen molar-refractivity contribution >= 4 is 23.3 Å². The number of benzene rings is 2. The first-order valence-corrected chi connectivity index (χ1v) is 10.5. The molecule has 5 nitrogen and oxygen atoms in total. The molecule has 1 heterocycles. The Balaban J connectivity index is 1.28. The fourth-order valence-electron chi connectivity index (χ4n) is 5.81. The van der Waals surface area contributed by atoms with Crippen LogP contribution in [0.5, 0.6) is 5.75 Å². The molecular weight excluding hydrogens is 378 g/mol. The van der Waals surface area contributed by atoms with Crippen LogP contribution >= 0.6 is 0 Å². The highest BCUT2D eigenvalue weighted by molar-refractivity contribution is 6.23. The van der Waals surface area contributed by atoms with E-state index in [9.17, 15) is 14.4 Å². The molecule has 4 aliphatic carbocycles. The van der Waals surface area contributed by atoms with Crippen molar-refractivity contribution in [3.8, 4) is 5.75 Å². The molecule has 2 bridgehead atoms. The van der Waals surface area contributed by atoms with Crippen molar-refractivity contribution in [1.82, 2.24) is 0 Å². The third-order valence-electron chi connectivity index (χ3n) is 7.22. The smallest absolute Gasteiger partial charge is 0.238 e. The largest absolute Gasteiger partial charge is 0.483 e. The number of amides is 2. The van der Waals surface area contributed by atoms with Crippen LogP contribution in [0.25, 0.3) is 0 Å². The lowest BCUT2D eigenvalue weighted by Crippen LogP contribution is -2.40. The van der Waals surface area contributed by atoms with Crippen LogP contribution in [0.1, 0.15) is 16.8 Å². The molecule has 6 atom stereocenters. The van der Waals surface area contributed by atoms with Crippen molar-refractivity contribution in [3.63, 3.8) is 0 Å². The summed E-state index contributed by atoms with van der Waals surface area (Å²) in [5.41, 5.74) is 1.01. The zero-order valence-corrected chi connectivity index (χ0v) is 16.3. The molecule has 2 amide bonds. The Kier molecular flexibility index (Phi) is 3.76. The molecule has 0 N–H and O–H groups in total. The minimum Gasteiger partial charge on any atom is -0.483 e. The van der Waals surface area contributed by atoms with Crippen LogP contribution in [-0.2, 0) is 9.59 Å². The first-order valence-electron chi connectivity index (χ1n) is 10.5. The maximum absolute atomic E-state index is 13.4. The Morgan fingerprint density at radius 2 is 1.47 bits per heavy atom. The average molecular weight is 399 g/mol. The van der Waals surface area contributed by atoms with Gasteiger partial charge in [0, 0.05) is 5.56 Å². The Labute approximate surface area is 174 Å². The van der Waals surface area contributed by atoms with E-state index in [1.54, 1.807) is 48.5 Å². The molecule has 30 heavy (non-hydrogen) atoms. The van der Waals surface area contributed by atoms with Gasteiger partial charge in [0.05, 0.1) is 17.5 Å². The zero-order chi connectivity index (χ0) is 20.4. The quantitative estimate of drug-likeness (QED) is 0.439. The molecule has 3 fully saturated rings. The molecule has 0 unspecified atom stereocenters. The minimum atomic E-state index is -0.254. The number of imide groups is 1. The minimum absolute atomic E-state index is 0.125. The van der Waals surface area contributed by atoms with E-state index in [2.05, 4.69) is 12.2 Å². The van der Waals surface area contributed by atoms with Crippen molar-refractivity contribution in [3.05, 3.63) is 72.3 Å². The lowest BCUT2D eigenvalue weighted by molar-refractivity contribution is -0.124. The number of rotatable bonds is 5. The van der Waals surface area contributed by atoms with Gasteiger partial charge >= 0.3 is 0 Å². The summed E-state index contributed by atoms with van der Waals surface area (Å²) >= 11 is 0. The van der Waals surface area contributed by atoms with E-state index < -0.39 is 0 Å². The van der Waals surface area contributed by atoms with Crippen LogP contribution in [0, 0.1) is 35.5 Å². The summed E-state index contributed by atoms with van der Waals surface area (Å²) in [5, 5.41) is 0. The highest BCUT2D eigenvalue weighted by Crippen LogP contribution is 2.65. The Morgan fingerprint density at radius 1 is 0.867 bits per heavy atom. The second-order valence-corrected chi connectivity index (χ2v) is 8.71. The molecule has 2 saturated carbocycles. The number of nitrogens with zero attached hydrogens (tertiary/aromatic N) is 1. The topological polar surface area (TPSA) is 63.7 Å². The molecule has 5 heteroatoms. The lowest BCUT2D eigenvalue weighted by Gasteiger charge is -2.37. The van der Waals surface area contributed by atoms with Gasteiger partial charge in [0.2, 0.25) is 11.8 Å². The standard InChI is InChI=1S/C25H21NO4/c27-20(14-6-2-1-3-7-14)13-30-21-9-5-4-8-19(21)26-24(28)22-15-10-11-16(18-12-17(15)18)23(22)25(26)29/h1-11,15-18,22-23H,12-13H2/t15-,16-,17-,18-,22+,23+/m0/s1. The molecule has 7 rings (SSSR count). The fraction of sp³-hybridized carbons (Fsp3) is 0.320. The summed E-state index contributed by atoms with van der Waals surface area (Å²) < 4.78 is 5.80. The number of carbonyl (C=O) groups is 3. The van der Waals surface area contributed by atoms with Gasteiger partial charge in [-0.1, -0.05) is 54.6 Å². The van der Waals surface area contributed by atoms with E-state index in [0.29, 0.717) is 28.8 Å². The van der Waals surface area contributed by atoms with Gasteiger partial charge < -0.3 is 4.74 Å². The number of Topliss-reactive ketones (excluding diaryl/α,β-unsaturated/α-hetero) is 1. The molecule has 2 aromatic carbocycles. The maximum Gasteiger partial charge on any atom is 0.238 e. The Hall–Kier alpha value is -3.21. The van der Waals surface area contributed by atoms with Crippen LogP contribution in [0.4, 0.5) is 5.69 Å². The SMILES string of the molecule is O=C(COc1ccccc1N1C(=O)[C@@H]2[C@H]3C=C[C@@H]([C@@H]4C[C@@H]34)[C@H]2C1=O)c1ccccc1. The van der Waals surface area contributed by atoms with Crippen molar-refractivity contribution in [2.24, 2.45) is 35.5 Å². The van der Waals surface area contributed by atoms with E-state index in [1.165, 1.54) is 4.90 Å². The highest BCUT2D eigenvalue weighted by Gasteiger charge is 2.67. The third-order valence-corrected chi connectivity index (χ3v) is 7.22. The summed E-state index contributed by atoms with van der Waals surface area (Å²) in [6.07, 6.45) is 5.46. The number of allylic oxidation sites excluding steroid dienone is 2. The van der Waals surface area contributed by atoms with Crippen molar-refractivity contribution in [2.75, 3.05) is 11.5 Å². The summed E-state index contributed by atoms with van der Waals surface area (Å²) in [7, 11) is 0. The van der Waals surface area contributed by atoms with Gasteiger partial charge in [0.15, 0.2) is 12.4 Å². The van der Waals surface area contributed by atoms with Gasteiger partial charge in [-0.25, -0.2) is 4.90 Å². The van der Waals surface area contributed by atoms with E-state index >= 15 is 0 Å². The van der Waals surface area contributed by atoms with E-state index in [4.69, 9.17) is 4.74 Å². The van der Waals surface area contributed by atoms with Crippen LogP contribution in [0.2, 0.25) is 0 Å².